The van der Waals surface area contributed by atoms with Crippen LogP contribution in [0.1, 0.15) is 5.56 Å². The van der Waals surface area contributed by atoms with Gasteiger partial charge in [-0.15, -0.1) is 0 Å². The van der Waals surface area contributed by atoms with Crippen LogP contribution in [0.25, 0.3) is 6.08 Å². The number of methoxy groups -OCH3 is 1. The highest BCUT2D eigenvalue weighted by Crippen LogP contribution is 2.34. The lowest BCUT2D eigenvalue weighted by Crippen LogP contribution is -2.52. The summed E-state index contributed by atoms with van der Waals surface area (Å²) in [6.45, 7) is 0. The molecule has 0 aliphatic carbocycles. The molecule has 2 amide bonds. The van der Waals surface area contributed by atoms with Gasteiger partial charge in [-0.2, -0.15) is 0 Å². The molecule has 0 spiro atoms. The lowest BCUT2D eigenvalue weighted by atomic mass is 10.1. The average molecular weight is 390 g/mol. The number of carbonyl (C=O) groups is 2. The van der Waals surface area contributed by atoms with E-state index in [0.29, 0.717) is 20.8 Å². The quantitative estimate of drug-likeness (QED) is 0.479. The Morgan fingerprint density at radius 1 is 1.43 bits per heavy atom. The van der Waals surface area contributed by atoms with Crippen molar-refractivity contribution in [1.82, 2.24) is 10.2 Å². The normalized spacial score (nSPS) is 17.2. The van der Waals surface area contributed by atoms with Gasteiger partial charge in [-0.1, -0.05) is 11.6 Å². The van der Waals surface area contributed by atoms with Gasteiger partial charge < -0.3 is 4.74 Å². The smallest absolute Gasteiger partial charge is 0.265 e. The Balaban J connectivity index is 2.46. The maximum absolute atomic E-state index is 12.1. The SMILES string of the molecule is COc1c(Cl)cc(/C=C2\C(=O)NC(=S)N(C)C2=O)cc1Br. The van der Waals surface area contributed by atoms with Gasteiger partial charge in [0.1, 0.15) is 5.57 Å². The largest absolute Gasteiger partial charge is 0.494 e. The second-order valence-electron chi connectivity index (χ2n) is 4.20. The third-order valence-electron chi connectivity index (χ3n) is 2.84. The Bertz CT molecular complexity index is 667. The summed E-state index contributed by atoms with van der Waals surface area (Å²) >= 11 is 14.3. The zero-order valence-electron chi connectivity index (χ0n) is 11.1. The average Bonchev–Trinajstić information content (AvgIpc) is 2.41. The van der Waals surface area contributed by atoms with Crippen LogP contribution >= 0.6 is 39.7 Å². The number of halogens is 2. The zero-order valence-corrected chi connectivity index (χ0v) is 14.2. The number of hydrogen-bond acceptors (Lipinski definition) is 4. The summed E-state index contributed by atoms with van der Waals surface area (Å²) in [7, 11) is 2.99. The van der Waals surface area contributed by atoms with E-state index in [-0.39, 0.29) is 10.7 Å². The van der Waals surface area contributed by atoms with Crippen molar-refractivity contribution in [2.45, 2.75) is 0 Å². The predicted octanol–water partition coefficient (Wildman–Crippen LogP) is 2.37. The molecule has 5 nitrogen and oxygen atoms in total. The molecule has 1 aliphatic rings. The molecule has 0 aromatic heterocycles. The Kier molecular flexibility index (Phi) is 4.65. The fourth-order valence-corrected chi connectivity index (χ4v) is 3.00. The molecule has 1 fully saturated rings. The minimum Gasteiger partial charge on any atom is -0.494 e. The predicted molar refractivity (Wildman–Crippen MR) is 87.2 cm³/mol. The molecule has 0 saturated carbocycles. The van der Waals surface area contributed by atoms with E-state index in [2.05, 4.69) is 21.2 Å². The van der Waals surface area contributed by atoms with Gasteiger partial charge in [0.25, 0.3) is 11.8 Å². The van der Waals surface area contributed by atoms with Crippen molar-refractivity contribution in [3.63, 3.8) is 0 Å². The molecule has 8 heteroatoms. The van der Waals surface area contributed by atoms with Crippen LogP contribution in [0.5, 0.6) is 5.75 Å². The van der Waals surface area contributed by atoms with Crippen LogP contribution in [0.3, 0.4) is 0 Å². The fourth-order valence-electron chi connectivity index (χ4n) is 1.77. The van der Waals surface area contributed by atoms with Crippen LogP contribution in [0.15, 0.2) is 22.2 Å². The molecule has 1 aliphatic heterocycles. The first-order valence-corrected chi connectivity index (χ1v) is 7.31. The number of nitrogens with zero attached hydrogens (tertiary/aromatic N) is 1. The van der Waals surface area contributed by atoms with Gasteiger partial charge in [0.05, 0.1) is 16.6 Å². The summed E-state index contributed by atoms with van der Waals surface area (Å²) in [6, 6.07) is 3.30. The molecule has 1 aromatic carbocycles. The summed E-state index contributed by atoms with van der Waals surface area (Å²) in [5, 5.41) is 2.89. The molecular weight excluding hydrogens is 380 g/mol. The second-order valence-corrected chi connectivity index (χ2v) is 5.85. The molecule has 1 aromatic rings. The van der Waals surface area contributed by atoms with Crippen molar-refractivity contribution in [3.05, 3.63) is 32.8 Å². The first-order valence-electron chi connectivity index (χ1n) is 5.73. The number of likely N-dealkylation sites (N-methyl/N-ethyl adjacent to an activating group) is 1. The second kappa shape index (κ2) is 6.13. The molecule has 1 N–H and O–H groups in total. The van der Waals surface area contributed by atoms with E-state index < -0.39 is 11.8 Å². The number of hydrogen-bond donors (Lipinski definition) is 1. The van der Waals surface area contributed by atoms with Gasteiger partial charge in [-0.05, 0) is 51.9 Å². The van der Waals surface area contributed by atoms with E-state index in [4.69, 9.17) is 28.6 Å². The van der Waals surface area contributed by atoms with E-state index in [9.17, 15) is 9.59 Å². The molecule has 0 bridgehead atoms. The highest BCUT2D eigenvalue weighted by atomic mass is 79.9. The molecule has 1 saturated heterocycles. The number of carbonyl (C=O) groups excluding carboxylic acids is 2. The van der Waals surface area contributed by atoms with Crippen molar-refractivity contribution in [2.24, 2.45) is 0 Å². The summed E-state index contributed by atoms with van der Waals surface area (Å²) in [5.74, 6) is -0.519. The number of thiocarbonyl (C=S) groups is 1. The minimum atomic E-state index is -0.536. The molecule has 1 heterocycles. The van der Waals surface area contributed by atoms with Crippen LogP contribution in [-0.2, 0) is 9.59 Å². The van der Waals surface area contributed by atoms with E-state index in [1.54, 1.807) is 12.1 Å². The molecule has 110 valence electrons. The summed E-state index contributed by atoms with van der Waals surface area (Å²) in [6.07, 6.45) is 1.45. The Hall–Kier alpha value is -1.44. The van der Waals surface area contributed by atoms with Gasteiger partial charge in [0, 0.05) is 7.05 Å². The monoisotopic (exact) mass is 388 g/mol. The minimum absolute atomic E-state index is 0.0146. The number of amides is 2. The van der Waals surface area contributed by atoms with Gasteiger partial charge >= 0.3 is 0 Å². The summed E-state index contributed by atoms with van der Waals surface area (Å²) in [4.78, 5) is 25.2. The highest BCUT2D eigenvalue weighted by Gasteiger charge is 2.30. The molecule has 0 unspecified atom stereocenters. The third kappa shape index (κ3) is 3.09. The van der Waals surface area contributed by atoms with Crippen molar-refractivity contribution in [3.8, 4) is 5.75 Å². The van der Waals surface area contributed by atoms with Crippen LogP contribution < -0.4 is 10.1 Å². The van der Waals surface area contributed by atoms with E-state index >= 15 is 0 Å². The Labute approximate surface area is 140 Å². The Morgan fingerprint density at radius 3 is 2.67 bits per heavy atom. The van der Waals surface area contributed by atoms with Crippen molar-refractivity contribution < 1.29 is 14.3 Å². The zero-order chi connectivity index (χ0) is 15.7. The molecule has 0 radical (unpaired) electrons. The summed E-state index contributed by atoms with van der Waals surface area (Å²) < 4.78 is 5.75. The van der Waals surface area contributed by atoms with E-state index in [1.165, 1.54) is 25.1 Å². The first-order chi connectivity index (χ1) is 9.85. The Morgan fingerprint density at radius 2 is 2.10 bits per heavy atom. The fraction of sp³-hybridized carbons (Fsp3) is 0.154. The van der Waals surface area contributed by atoms with Crippen molar-refractivity contribution >= 4 is 62.8 Å². The lowest BCUT2D eigenvalue weighted by molar-refractivity contribution is -0.128. The van der Waals surface area contributed by atoms with Gasteiger partial charge in [0.2, 0.25) is 0 Å². The van der Waals surface area contributed by atoms with Crippen molar-refractivity contribution in [1.29, 1.82) is 0 Å². The van der Waals surface area contributed by atoms with Crippen molar-refractivity contribution in [2.75, 3.05) is 14.2 Å². The lowest BCUT2D eigenvalue weighted by Gasteiger charge is -2.25. The van der Waals surface area contributed by atoms with E-state index in [0.717, 1.165) is 0 Å². The molecule has 2 rings (SSSR count). The van der Waals surface area contributed by atoms with Gasteiger partial charge in [-0.3, -0.25) is 19.8 Å². The summed E-state index contributed by atoms with van der Waals surface area (Å²) in [5.41, 5.74) is 0.576. The first kappa shape index (κ1) is 15.9. The molecule has 21 heavy (non-hydrogen) atoms. The maximum atomic E-state index is 12.1. The van der Waals surface area contributed by atoms with Crippen LogP contribution in [0, 0.1) is 0 Å². The van der Waals surface area contributed by atoms with Gasteiger partial charge in [-0.25, -0.2) is 0 Å². The molecular formula is C13H10BrClN2O3S. The number of rotatable bonds is 2. The standard InChI is InChI=1S/C13H10BrClN2O3S/c1-17-12(19)7(11(18)16-13(17)21)3-6-4-8(14)10(20-2)9(15)5-6/h3-5H,1-2H3,(H,16,18,21)/b7-3+. The van der Waals surface area contributed by atoms with Gasteiger partial charge in [0.15, 0.2) is 10.9 Å². The van der Waals surface area contributed by atoms with E-state index in [1.807, 2.05) is 0 Å². The van der Waals surface area contributed by atoms with Crippen LogP contribution in [0.2, 0.25) is 5.02 Å². The van der Waals surface area contributed by atoms with Crippen LogP contribution in [-0.4, -0.2) is 36.0 Å². The number of nitrogens with one attached hydrogen (secondary N) is 1. The highest BCUT2D eigenvalue weighted by molar-refractivity contribution is 9.10. The number of benzene rings is 1. The number of ether oxygens (including phenoxy) is 1. The third-order valence-corrected chi connectivity index (χ3v) is 4.09. The van der Waals surface area contributed by atoms with Crippen LogP contribution in [0.4, 0.5) is 0 Å². The molecule has 0 atom stereocenters. The topological polar surface area (TPSA) is 58.6 Å². The maximum Gasteiger partial charge on any atom is 0.265 e.